The van der Waals surface area contributed by atoms with Gasteiger partial charge in [-0.15, -0.1) is 0 Å². The summed E-state index contributed by atoms with van der Waals surface area (Å²) in [6.45, 7) is 2.58. The highest BCUT2D eigenvalue weighted by atomic mass is 35.5. The molecule has 12 heteroatoms. The zero-order valence-corrected chi connectivity index (χ0v) is 22.5. The first-order valence-corrected chi connectivity index (χ1v) is 14.9. The predicted molar refractivity (Wildman–Crippen MR) is 146 cm³/mol. The lowest BCUT2D eigenvalue weighted by atomic mass is 10.1. The summed E-state index contributed by atoms with van der Waals surface area (Å²) in [5.41, 5.74) is 3.26. The average Bonchev–Trinajstić information content (AvgIpc) is 3.52. The van der Waals surface area contributed by atoms with Gasteiger partial charge in [-0.25, -0.2) is 23.4 Å². The van der Waals surface area contributed by atoms with E-state index in [4.69, 9.17) is 21.1 Å². The molecule has 2 aromatic heterocycles. The van der Waals surface area contributed by atoms with Crippen LogP contribution in [-0.4, -0.2) is 78.4 Å². The number of rotatable bonds is 7. The lowest BCUT2D eigenvalue weighted by Crippen LogP contribution is -2.48. The smallest absolute Gasteiger partial charge is 0.227 e. The number of nitrogens with one attached hydrogen (secondary N) is 1. The van der Waals surface area contributed by atoms with Crippen LogP contribution in [0.5, 0.6) is 5.88 Å². The van der Waals surface area contributed by atoms with Gasteiger partial charge in [-0.3, -0.25) is 0 Å². The van der Waals surface area contributed by atoms with Crippen LogP contribution in [0.3, 0.4) is 0 Å². The molecule has 10 nitrogen and oxygen atoms in total. The van der Waals surface area contributed by atoms with Crippen molar-refractivity contribution >= 4 is 38.9 Å². The molecule has 0 spiro atoms. The number of benzene rings is 1. The van der Waals surface area contributed by atoms with Crippen molar-refractivity contribution in [2.75, 3.05) is 42.8 Å². The van der Waals surface area contributed by atoms with E-state index in [0.717, 1.165) is 55.1 Å². The van der Waals surface area contributed by atoms with Gasteiger partial charge in [-0.2, -0.15) is 4.31 Å². The van der Waals surface area contributed by atoms with Crippen molar-refractivity contribution < 1.29 is 17.9 Å². The van der Waals surface area contributed by atoms with Crippen LogP contribution in [0, 0.1) is 0 Å². The molecule has 6 rings (SSSR count). The lowest BCUT2D eigenvalue weighted by molar-refractivity contribution is 0.0237. The Morgan fingerprint density at radius 3 is 2.61 bits per heavy atom. The van der Waals surface area contributed by atoms with Crippen molar-refractivity contribution in [3.8, 4) is 17.1 Å². The zero-order valence-electron chi connectivity index (χ0n) is 21.0. The van der Waals surface area contributed by atoms with Crippen LogP contribution in [-0.2, 0) is 14.8 Å². The van der Waals surface area contributed by atoms with Gasteiger partial charge in [-0.05, 0) is 36.8 Å². The summed E-state index contributed by atoms with van der Waals surface area (Å²) >= 11 is 6.67. The number of hydrogen-bond donors (Lipinski definition) is 1. The normalized spacial score (nSPS) is 22.1. The number of ether oxygens (including phenoxy) is 2. The summed E-state index contributed by atoms with van der Waals surface area (Å²) < 4.78 is 36.9. The van der Waals surface area contributed by atoms with E-state index in [1.807, 2.05) is 36.4 Å². The van der Waals surface area contributed by atoms with E-state index in [1.54, 1.807) is 16.7 Å². The van der Waals surface area contributed by atoms with E-state index in [-0.39, 0.29) is 18.2 Å². The molecule has 0 saturated carbocycles. The molecule has 2 bridgehead atoms. The molecular formula is C26H29ClN6O4S. The molecule has 3 aliphatic rings. The molecule has 2 unspecified atom stereocenters. The molecule has 3 fully saturated rings. The first kappa shape index (κ1) is 25.3. The van der Waals surface area contributed by atoms with Crippen molar-refractivity contribution in [1.29, 1.82) is 0 Å². The van der Waals surface area contributed by atoms with Gasteiger partial charge in [0.05, 0.1) is 35.9 Å². The number of pyridine rings is 1. The number of sulfonamides is 1. The van der Waals surface area contributed by atoms with E-state index in [2.05, 4.69) is 25.2 Å². The minimum absolute atomic E-state index is 0.00279. The maximum Gasteiger partial charge on any atom is 0.227 e. The fourth-order valence-corrected chi connectivity index (χ4v) is 6.85. The van der Waals surface area contributed by atoms with Crippen LogP contribution in [0.2, 0.25) is 5.02 Å². The minimum atomic E-state index is -3.19. The third-order valence-electron chi connectivity index (χ3n) is 7.27. The van der Waals surface area contributed by atoms with Gasteiger partial charge in [0.15, 0.2) is 0 Å². The summed E-state index contributed by atoms with van der Waals surface area (Å²) in [6, 6.07) is 11.5. The molecule has 0 radical (unpaired) electrons. The van der Waals surface area contributed by atoms with Crippen LogP contribution < -0.4 is 15.0 Å². The highest BCUT2D eigenvalue weighted by Crippen LogP contribution is 2.39. The van der Waals surface area contributed by atoms with Crippen LogP contribution >= 0.6 is 11.6 Å². The molecule has 38 heavy (non-hydrogen) atoms. The van der Waals surface area contributed by atoms with E-state index < -0.39 is 10.0 Å². The maximum atomic E-state index is 12.0. The van der Waals surface area contributed by atoms with E-state index in [0.29, 0.717) is 29.9 Å². The minimum Gasteiger partial charge on any atom is -0.474 e. The van der Waals surface area contributed by atoms with Gasteiger partial charge in [0.2, 0.25) is 21.9 Å². The van der Waals surface area contributed by atoms with Gasteiger partial charge in [-0.1, -0.05) is 11.6 Å². The summed E-state index contributed by atoms with van der Waals surface area (Å²) in [7, 11) is -3.19. The zero-order chi connectivity index (χ0) is 26.3. The topological polar surface area (TPSA) is 110 Å². The van der Waals surface area contributed by atoms with Gasteiger partial charge < -0.3 is 19.7 Å². The van der Waals surface area contributed by atoms with Crippen molar-refractivity contribution in [3.63, 3.8) is 0 Å². The summed E-state index contributed by atoms with van der Waals surface area (Å²) in [5.74, 6) is 1.04. The molecule has 3 aliphatic heterocycles. The van der Waals surface area contributed by atoms with Crippen molar-refractivity contribution in [3.05, 3.63) is 53.8 Å². The maximum absolute atomic E-state index is 12.0. The van der Waals surface area contributed by atoms with E-state index in [1.165, 1.54) is 6.26 Å². The van der Waals surface area contributed by atoms with Gasteiger partial charge in [0.25, 0.3) is 0 Å². The Bertz CT molecular complexity index is 1420. The first-order valence-electron chi connectivity index (χ1n) is 12.7. The molecule has 3 saturated heterocycles. The summed E-state index contributed by atoms with van der Waals surface area (Å²) in [6.07, 6.45) is 7.42. The average molecular weight is 557 g/mol. The second kappa shape index (κ2) is 10.3. The third kappa shape index (κ3) is 5.28. The number of fused-ring (bicyclic) bond motifs is 2. The molecule has 0 amide bonds. The standard InChI is InChI=1S/C26H29ClN6O4S/c1-38(34,35)33-16-19-13-20(33)15-32(19)24-4-3-18(12-22(24)27)30-26-28-9-6-23(31-26)17-2-5-25(29-14-17)37-21-7-10-36-11-8-21/h2-6,9,12,14,19-21H,7-8,10-11,13,15-16H2,1H3,(H,28,30,31). The molecule has 2 atom stereocenters. The van der Waals surface area contributed by atoms with Crippen molar-refractivity contribution in [2.45, 2.75) is 37.5 Å². The second-order valence-corrected chi connectivity index (χ2v) is 12.2. The molecule has 0 aliphatic carbocycles. The molecule has 200 valence electrons. The van der Waals surface area contributed by atoms with Gasteiger partial charge in [0, 0.05) is 67.7 Å². The monoisotopic (exact) mass is 556 g/mol. The predicted octanol–water partition coefficient (Wildman–Crippen LogP) is 3.72. The number of nitrogens with zero attached hydrogens (tertiary/aromatic N) is 5. The largest absolute Gasteiger partial charge is 0.474 e. The lowest BCUT2D eigenvalue weighted by Gasteiger charge is -2.34. The molecule has 3 aromatic rings. The van der Waals surface area contributed by atoms with Crippen LogP contribution in [0.25, 0.3) is 11.3 Å². The third-order valence-corrected chi connectivity index (χ3v) is 8.87. The SMILES string of the molecule is CS(=O)(=O)N1CC2CC1CN2c1ccc(Nc2nccc(-c3ccc(OC4CCOCC4)nc3)n2)cc1Cl. The fraction of sp³-hybridized carbons (Fsp3) is 0.423. The second-order valence-electron chi connectivity index (χ2n) is 9.90. The van der Waals surface area contributed by atoms with E-state index in [9.17, 15) is 8.42 Å². The quantitative estimate of drug-likeness (QED) is 0.465. The Balaban J connectivity index is 1.12. The van der Waals surface area contributed by atoms with Gasteiger partial charge >= 0.3 is 0 Å². The Morgan fingerprint density at radius 2 is 1.92 bits per heavy atom. The van der Waals surface area contributed by atoms with Crippen molar-refractivity contribution in [1.82, 2.24) is 19.3 Å². The number of hydrogen-bond acceptors (Lipinski definition) is 9. The number of anilines is 3. The highest BCUT2D eigenvalue weighted by molar-refractivity contribution is 7.88. The molecule has 1 N–H and O–H groups in total. The van der Waals surface area contributed by atoms with Crippen LogP contribution in [0.15, 0.2) is 48.8 Å². The highest BCUT2D eigenvalue weighted by Gasteiger charge is 2.47. The fourth-order valence-electron chi connectivity index (χ4n) is 5.42. The Labute approximate surface area is 227 Å². The van der Waals surface area contributed by atoms with Crippen LogP contribution in [0.4, 0.5) is 17.3 Å². The Morgan fingerprint density at radius 1 is 1.08 bits per heavy atom. The van der Waals surface area contributed by atoms with Gasteiger partial charge in [0.1, 0.15) is 6.10 Å². The summed E-state index contributed by atoms with van der Waals surface area (Å²) in [4.78, 5) is 15.7. The number of piperazine rings is 1. The molecule has 5 heterocycles. The van der Waals surface area contributed by atoms with Crippen molar-refractivity contribution in [2.24, 2.45) is 0 Å². The van der Waals surface area contributed by atoms with Crippen LogP contribution in [0.1, 0.15) is 19.3 Å². The Kier molecular flexibility index (Phi) is 6.85. The molecule has 1 aromatic carbocycles. The number of halogens is 1. The summed E-state index contributed by atoms with van der Waals surface area (Å²) in [5, 5.41) is 3.82. The Hall–Kier alpha value is -2.99. The number of aromatic nitrogens is 3. The molecular weight excluding hydrogens is 528 g/mol. The van der Waals surface area contributed by atoms with E-state index >= 15 is 0 Å². The first-order chi connectivity index (χ1) is 18.3.